The van der Waals surface area contributed by atoms with Crippen LogP contribution in [0.2, 0.25) is 5.02 Å². The largest absolute Gasteiger partial charge is 0.446 e. The molecule has 0 aliphatic heterocycles. The maximum Gasteiger partial charge on any atom is 0.446 e. The van der Waals surface area contributed by atoms with Crippen LogP contribution in [-0.4, -0.2) is 11.5 Å². The number of anilines is 1. The average molecular weight is 379 g/mol. The van der Waals surface area contributed by atoms with Gasteiger partial charge in [-0.25, -0.2) is 9.18 Å². The molecule has 128 valence electrons. The van der Waals surface area contributed by atoms with E-state index in [9.17, 15) is 22.4 Å². The first-order valence-electron chi connectivity index (χ1n) is 6.57. The van der Waals surface area contributed by atoms with Crippen LogP contribution in [0.4, 0.5) is 28.0 Å². The maximum atomic E-state index is 12.9. The number of alkyl halides is 3. The topological polar surface area (TPSA) is 41.1 Å². The molecule has 0 bridgehead atoms. The molecule has 0 spiro atoms. The van der Waals surface area contributed by atoms with E-state index in [0.29, 0.717) is 11.3 Å². The molecule has 0 radical (unpaired) electrons. The summed E-state index contributed by atoms with van der Waals surface area (Å²) >= 11 is 5.60. The Labute approximate surface area is 144 Å². The van der Waals surface area contributed by atoms with E-state index in [2.05, 4.69) is 10.6 Å². The van der Waals surface area contributed by atoms with Crippen LogP contribution in [0.5, 0.6) is 0 Å². The van der Waals surface area contributed by atoms with E-state index in [1.54, 1.807) is 0 Å². The van der Waals surface area contributed by atoms with E-state index < -0.39 is 17.4 Å². The van der Waals surface area contributed by atoms with Crippen LogP contribution in [0.25, 0.3) is 0 Å². The van der Waals surface area contributed by atoms with Gasteiger partial charge in [-0.05, 0) is 53.7 Å². The van der Waals surface area contributed by atoms with Gasteiger partial charge >= 0.3 is 11.5 Å². The van der Waals surface area contributed by atoms with Crippen molar-refractivity contribution in [3.63, 3.8) is 0 Å². The lowest BCUT2D eigenvalue weighted by Crippen LogP contribution is -2.28. The number of hydrogen-bond donors (Lipinski definition) is 2. The van der Waals surface area contributed by atoms with Crippen molar-refractivity contribution >= 4 is 35.1 Å². The quantitative estimate of drug-likeness (QED) is 0.551. The lowest BCUT2D eigenvalue weighted by atomic mass is 10.2. The van der Waals surface area contributed by atoms with Crippen molar-refractivity contribution in [1.29, 1.82) is 0 Å². The Kier molecular flexibility index (Phi) is 5.95. The third-order valence-electron chi connectivity index (χ3n) is 2.80. The van der Waals surface area contributed by atoms with Gasteiger partial charge in [0.2, 0.25) is 0 Å². The number of amides is 2. The Bertz CT molecular complexity index is 722. The molecule has 0 unspecified atom stereocenters. The van der Waals surface area contributed by atoms with Crippen molar-refractivity contribution in [1.82, 2.24) is 5.32 Å². The van der Waals surface area contributed by atoms with Crippen molar-refractivity contribution in [3.05, 3.63) is 58.9 Å². The Morgan fingerprint density at radius 1 is 1.12 bits per heavy atom. The molecule has 0 heterocycles. The van der Waals surface area contributed by atoms with E-state index in [4.69, 9.17) is 11.6 Å². The van der Waals surface area contributed by atoms with Gasteiger partial charge in [-0.1, -0.05) is 17.7 Å². The highest BCUT2D eigenvalue weighted by Crippen LogP contribution is 2.37. The first-order chi connectivity index (χ1) is 11.2. The summed E-state index contributed by atoms with van der Waals surface area (Å²) in [4.78, 5) is 11.8. The normalized spacial score (nSPS) is 11.2. The van der Waals surface area contributed by atoms with Gasteiger partial charge in [0.1, 0.15) is 5.82 Å². The fraction of sp³-hybridized carbons (Fsp3) is 0.133. The first kappa shape index (κ1) is 18.4. The minimum atomic E-state index is -4.36. The number of urea groups is 1. The molecule has 2 rings (SSSR count). The van der Waals surface area contributed by atoms with Crippen LogP contribution in [0.15, 0.2) is 47.4 Å². The van der Waals surface area contributed by atoms with Gasteiger partial charge in [-0.2, -0.15) is 13.2 Å². The van der Waals surface area contributed by atoms with Gasteiger partial charge in [0, 0.05) is 22.2 Å². The zero-order valence-corrected chi connectivity index (χ0v) is 13.5. The minimum Gasteiger partial charge on any atom is -0.334 e. The highest BCUT2D eigenvalue weighted by molar-refractivity contribution is 8.00. The van der Waals surface area contributed by atoms with Crippen LogP contribution in [0, 0.1) is 5.82 Å². The lowest BCUT2D eigenvalue weighted by molar-refractivity contribution is -0.0328. The number of rotatable bonds is 4. The fourth-order valence-electron chi connectivity index (χ4n) is 1.76. The van der Waals surface area contributed by atoms with Crippen LogP contribution in [0.1, 0.15) is 5.56 Å². The van der Waals surface area contributed by atoms with Gasteiger partial charge in [-0.3, -0.25) is 0 Å². The second kappa shape index (κ2) is 7.76. The van der Waals surface area contributed by atoms with Gasteiger partial charge in [0.05, 0.1) is 0 Å². The summed E-state index contributed by atoms with van der Waals surface area (Å²) in [5.41, 5.74) is -3.49. The van der Waals surface area contributed by atoms with E-state index >= 15 is 0 Å². The molecule has 0 atom stereocenters. The standard InChI is InChI=1S/C15H11ClF4N2OS/c16-13-7-10(17)2-1-9(13)8-21-14(23)22-11-3-5-12(6-4-11)24-15(18,19)20/h1-7H,8H2,(H2,21,22,23). The zero-order valence-electron chi connectivity index (χ0n) is 12.0. The highest BCUT2D eigenvalue weighted by atomic mass is 35.5. The maximum absolute atomic E-state index is 12.9. The molecule has 0 saturated heterocycles. The summed E-state index contributed by atoms with van der Waals surface area (Å²) in [7, 11) is 0. The molecule has 2 N–H and O–H groups in total. The molecule has 24 heavy (non-hydrogen) atoms. The summed E-state index contributed by atoms with van der Waals surface area (Å²) in [5.74, 6) is -0.481. The summed E-state index contributed by atoms with van der Waals surface area (Å²) < 4.78 is 49.6. The zero-order chi connectivity index (χ0) is 17.7. The van der Waals surface area contributed by atoms with E-state index in [1.165, 1.54) is 36.4 Å². The Morgan fingerprint density at radius 2 is 1.79 bits per heavy atom. The third-order valence-corrected chi connectivity index (χ3v) is 3.89. The molecule has 2 aromatic rings. The number of thioether (sulfide) groups is 1. The molecule has 0 saturated carbocycles. The van der Waals surface area contributed by atoms with E-state index in [-0.39, 0.29) is 28.2 Å². The fourth-order valence-corrected chi connectivity index (χ4v) is 2.53. The van der Waals surface area contributed by atoms with Crippen molar-refractivity contribution < 1.29 is 22.4 Å². The summed E-state index contributed by atoms with van der Waals surface area (Å²) in [6.07, 6.45) is 0. The predicted octanol–water partition coefficient (Wildman–Crippen LogP) is 5.41. The minimum absolute atomic E-state index is 0.0200. The molecular weight excluding hydrogens is 368 g/mol. The second-order valence-electron chi connectivity index (χ2n) is 4.62. The van der Waals surface area contributed by atoms with Crippen LogP contribution < -0.4 is 10.6 Å². The van der Waals surface area contributed by atoms with Crippen molar-refractivity contribution in [2.24, 2.45) is 0 Å². The number of hydrogen-bond acceptors (Lipinski definition) is 2. The molecule has 0 fully saturated rings. The molecular formula is C15H11ClF4N2OS. The Hall–Kier alpha value is -1.93. The van der Waals surface area contributed by atoms with Gasteiger partial charge in [-0.15, -0.1) is 0 Å². The first-order valence-corrected chi connectivity index (χ1v) is 7.77. The molecule has 2 aromatic carbocycles. The predicted molar refractivity (Wildman–Crippen MR) is 85.6 cm³/mol. The van der Waals surface area contributed by atoms with Gasteiger partial charge in [0.15, 0.2) is 0 Å². The SMILES string of the molecule is O=C(NCc1ccc(F)cc1Cl)Nc1ccc(SC(F)(F)F)cc1. The second-order valence-corrected chi connectivity index (χ2v) is 6.16. The molecule has 0 aliphatic carbocycles. The lowest BCUT2D eigenvalue weighted by Gasteiger charge is -2.10. The van der Waals surface area contributed by atoms with Gasteiger partial charge < -0.3 is 10.6 Å². The number of nitrogens with one attached hydrogen (secondary N) is 2. The smallest absolute Gasteiger partial charge is 0.334 e. The molecule has 0 aromatic heterocycles. The summed E-state index contributed by atoms with van der Waals surface area (Å²) in [5, 5.41) is 5.18. The monoisotopic (exact) mass is 378 g/mol. The highest BCUT2D eigenvalue weighted by Gasteiger charge is 2.29. The van der Waals surface area contributed by atoms with E-state index in [0.717, 1.165) is 6.07 Å². The number of benzene rings is 2. The Balaban J connectivity index is 1.88. The van der Waals surface area contributed by atoms with Crippen LogP contribution in [0.3, 0.4) is 0 Å². The van der Waals surface area contributed by atoms with Gasteiger partial charge in [0.25, 0.3) is 0 Å². The van der Waals surface area contributed by atoms with Crippen LogP contribution >= 0.6 is 23.4 Å². The van der Waals surface area contributed by atoms with Crippen LogP contribution in [-0.2, 0) is 6.54 Å². The third kappa shape index (κ3) is 5.93. The van der Waals surface area contributed by atoms with Crippen molar-refractivity contribution in [2.75, 3.05) is 5.32 Å². The van der Waals surface area contributed by atoms with Crippen molar-refractivity contribution in [3.8, 4) is 0 Å². The number of halogens is 5. The molecule has 0 aliphatic rings. The van der Waals surface area contributed by atoms with Crippen molar-refractivity contribution in [2.45, 2.75) is 16.9 Å². The number of carbonyl (C=O) groups excluding carboxylic acids is 1. The Morgan fingerprint density at radius 3 is 2.38 bits per heavy atom. The number of carbonyl (C=O) groups is 1. The summed E-state index contributed by atoms with van der Waals surface area (Å²) in [6.45, 7) is 0.0763. The molecule has 3 nitrogen and oxygen atoms in total. The average Bonchev–Trinajstić information content (AvgIpc) is 2.47. The molecule has 9 heteroatoms. The van der Waals surface area contributed by atoms with E-state index in [1.807, 2.05) is 0 Å². The molecule has 2 amide bonds. The summed E-state index contributed by atoms with van der Waals surface area (Å²) in [6, 6.07) is 8.46.